The van der Waals surface area contributed by atoms with Gasteiger partial charge in [0.05, 0.1) is 29.0 Å². The lowest BCUT2D eigenvalue weighted by Crippen LogP contribution is -2.30. The van der Waals surface area contributed by atoms with Crippen LogP contribution in [0.5, 0.6) is 0 Å². The Bertz CT molecular complexity index is 730. The molecule has 1 aliphatic heterocycles. The molecule has 5 nitrogen and oxygen atoms in total. The maximum atomic E-state index is 9.30. The van der Waals surface area contributed by atoms with Gasteiger partial charge in [-0.1, -0.05) is 18.7 Å². The Morgan fingerprint density at radius 2 is 2.17 bits per heavy atom. The van der Waals surface area contributed by atoms with Crippen molar-refractivity contribution in [3.8, 4) is 0 Å². The molecule has 0 spiro atoms. The quantitative estimate of drug-likeness (QED) is 0.623. The normalized spacial score (nSPS) is 16.4. The number of ether oxygens (including phenoxy) is 1. The first-order valence-electron chi connectivity index (χ1n) is 8.36. The smallest absolute Gasteiger partial charge is 0.190 e. The molecule has 0 bridgehead atoms. The van der Waals surface area contributed by atoms with Crippen LogP contribution in [0.1, 0.15) is 37.6 Å². The molecule has 0 atom stereocenters. The molecule has 2 aromatic heterocycles. The number of rotatable bonds is 6. The molecule has 2 aromatic rings. The SMILES string of the molecule is CCCSc1nc(N(C)CCO)c2sc3c(c2n1)COC(C)(C)C3. The number of anilines is 1. The third-order valence-electron chi connectivity index (χ3n) is 4.10. The van der Waals surface area contributed by atoms with E-state index in [0.717, 1.165) is 39.8 Å². The fourth-order valence-corrected chi connectivity index (χ4v) is 5.00. The van der Waals surface area contributed by atoms with Crippen LogP contribution in [0.25, 0.3) is 10.2 Å². The van der Waals surface area contributed by atoms with Gasteiger partial charge in [0.2, 0.25) is 0 Å². The lowest BCUT2D eigenvalue weighted by atomic mass is 9.98. The van der Waals surface area contributed by atoms with Crippen LogP contribution < -0.4 is 4.90 Å². The van der Waals surface area contributed by atoms with Gasteiger partial charge in [0.1, 0.15) is 0 Å². The molecule has 132 valence electrons. The third-order valence-corrected chi connectivity index (χ3v) is 6.37. The van der Waals surface area contributed by atoms with E-state index in [0.29, 0.717) is 13.2 Å². The molecule has 0 saturated carbocycles. The summed E-state index contributed by atoms with van der Waals surface area (Å²) in [7, 11) is 1.98. The average Bonchev–Trinajstić information content (AvgIpc) is 2.88. The van der Waals surface area contributed by atoms with Crippen molar-refractivity contribution in [2.75, 3.05) is 30.9 Å². The predicted molar refractivity (Wildman–Crippen MR) is 101 cm³/mol. The van der Waals surface area contributed by atoms with Crippen molar-refractivity contribution >= 4 is 39.1 Å². The Morgan fingerprint density at radius 1 is 1.38 bits per heavy atom. The number of thioether (sulfide) groups is 1. The molecular weight excluding hydrogens is 342 g/mol. The van der Waals surface area contributed by atoms with Gasteiger partial charge in [-0.05, 0) is 20.3 Å². The zero-order valence-corrected chi connectivity index (χ0v) is 16.4. The number of aromatic nitrogens is 2. The van der Waals surface area contributed by atoms with Crippen LogP contribution in [0.15, 0.2) is 5.16 Å². The van der Waals surface area contributed by atoms with Crippen LogP contribution in [0, 0.1) is 0 Å². The van der Waals surface area contributed by atoms with Crippen molar-refractivity contribution in [2.24, 2.45) is 0 Å². The van der Waals surface area contributed by atoms with E-state index in [1.807, 2.05) is 11.9 Å². The van der Waals surface area contributed by atoms with Crippen LogP contribution in [0.4, 0.5) is 5.82 Å². The maximum absolute atomic E-state index is 9.30. The van der Waals surface area contributed by atoms with Gasteiger partial charge in [0, 0.05) is 36.2 Å². The van der Waals surface area contributed by atoms with Gasteiger partial charge in [-0.3, -0.25) is 0 Å². The third kappa shape index (κ3) is 3.54. The fourth-order valence-electron chi connectivity index (χ4n) is 2.80. The maximum Gasteiger partial charge on any atom is 0.190 e. The van der Waals surface area contributed by atoms with E-state index in [4.69, 9.17) is 14.7 Å². The molecule has 0 amide bonds. The Hall–Kier alpha value is -0.890. The summed E-state index contributed by atoms with van der Waals surface area (Å²) >= 11 is 3.47. The van der Waals surface area contributed by atoms with E-state index in [9.17, 15) is 5.11 Å². The lowest BCUT2D eigenvalue weighted by molar-refractivity contribution is -0.0383. The molecule has 3 heterocycles. The number of thiophene rings is 1. The zero-order valence-electron chi connectivity index (χ0n) is 14.8. The number of aliphatic hydroxyl groups is 1. The second-order valence-corrected chi connectivity index (χ2v) is 8.90. The molecule has 0 radical (unpaired) electrons. The number of nitrogens with zero attached hydrogens (tertiary/aromatic N) is 3. The Morgan fingerprint density at radius 3 is 2.88 bits per heavy atom. The summed E-state index contributed by atoms with van der Waals surface area (Å²) in [5.41, 5.74) is 2.12. The van der Waals surface area contributed by atoms with Gasteiger partial charge >= 0.3 is 0 Å². The summed E-state index contributed by atoms with van der Waals surface area (Å²) in [6.45, 7) is 7.71. The summed E-state index contributed by atoms with van der Waals surface area (Å²) in [4.78, 5) is 13.0. The summed E-state index contributed by atoms with van der Waals surface area (Å²) < 4.78 is 7.12. The van der Waals surface area contributed by atoms with Crippen LogP contribution in [-0.4, -0.2) is 46.6 Å². The van der Waals surface area contributed by atoms with Gasteiger partial charge < -0.3 is 14.7 Å². The molecular formula is C17H25N3O2S2. The van der Waals surface area contributed by atoms with E-state index in [2.05, 4.69) is 20.8 Å². The molecule has 1 N–H and O–H groups in total. The predicted octanol–water partition coefficient (Wildman–Crippen LogP) is 3.47. The summed E-state index contributed by atoms with van der Waals surface area (Å²) in [6.07, 6.45) is 2.00. The van der Waals surface area contributed by atoms with Gasteiger partial charge in [-0.25, -0.2) is 9.97 Å². The van der Waals surface area contributed by atoms with Gasteiger partial charge in [0.25, 0.3) is 0 Å². The Kier molecular flexibility index (Phi) is 5.34. The average molecular weight is 368 g/mol. The molecule has 0 aliphatic carbocycles. The first kappa shape index (κ1) is 17.9. The molecule has 3 rings (SSSR count). The second-order valence-electron chi connectivity index (χ2n) is 6.73. The van der Waals surface area contributed by atoms with E-state index in [1.54, 1.807) is 23.1 Å². The largest absolute Gasteiger partial charge is 0.395 e. The highest BCUT2D eigenvalue weighted by atomic mass is 32.2. The van der Waals surface area contributed by atoms with Crippen LogP contribution in [0.3, 0.4) is 0 Å². The number of aliphatic hydroxyl groups excluding tert-OH is 1. The molecule has 7 heteroatoms. The van der Waals surface area contributed by atoms with Crippen molar-refractivity contribution in [3.63, 3.8) is 0 Å². The monoisotopic (exact) mass is 367 g/mol. The Balaban J connectivity index is 2.11. The molecule has 0 unspecified atom stereocenters. The molecule has 1 aliphatic rings. The molecule has 0 fully saturated rings. The van der Waals surface area contributed by atoms with E-state index >= 15 is 0 Å². The highest BCUT2D eigenvalue weighted by molar-refractivity contribution is 7.99. The number of likely N-dealkylation sites (N-methyl/N-ethyl adjacent to an activating group) is 1. The van der Waals surface area contributed by atoms with E-state index in [-0.39, 0.29) is 12.2 Å². The molecule has 0 saturated heterocycles. The second kappa shape index (κ2) is 7.15. The first-order valence-corrected chi connectivity index (χ1v) is 10.2. The van der Waals surface area contributed by atoms with Crippen LogP contribution in [-0.2, 0) is 17.8 Å². The summed E-state index contributed by atoms with van der Waals surface area (Å²) in [5, 5.41) is 10.1. The van der Waals surface area contributed by atoms with Gasteiger partial charge in [-0.15, -0.1) is 11.3 Å². The highest BCUT2D eigenvalue weighted by Crippen LogP contribution is 2.41. The van der Waals surface area contributed by atoms with Gasteiger partial charge in [-0.2, -0.15) is 0 Å². The van der Waals surface area contributed by atoms with Crippen molar-refractivity contribution in [1.29, 1.82) is 0 Å². The minimum absolute atomic E-state index is 0.112. The van der Waals surface area contributed by atoms with E-state index < -0.39 is 0 Å². The number of hydrogen-bond donors (Lipinski definition) is 1. The number of hydrogen-bond acceptors (Lipinski definition) is 7. The molecule has 0 aromatic carbocycles. The van der Waals surface area contributed by atoms with Crippen molar-refractivity contribution < 1.29 is 9.84 Å². The summed E-state index contributed by atoms with van der Waals surface area (Å²) in [5.74, 6) is 1.93. The standard InChI is InChI=1S/C17H25N3O2S2/c1-5-8-23-16-18-13-11-10-22-17(2,3)9-12(11)24-14(13)15(19-16)20(4)6-7-21/h21H,5-10H2,1-4H3. The van der Waals surface area contributed by atoms with E-state index in [1.165, 1.54) is 10.4 Å². The van der Waals surface area contributed by atoms with Gasteiger partial charge in [0.15, 0.2) is 11.0 Å². The molecule has 24 heavy (non-hydrogen) atoms. The first-order chi connectivity index (χ1) is 11.4. The minimum atomic E-state index is -0.127. The van der Waals surface area contributed by atoms with Crippen molar-refractivity contribution in [3.05, 3.63) is 10.4 Å². The zero-order chi connectivity index (χ0) is 17.3. The topological polar surface area (TPSA) is 58.5 Å². The fraction of sp³-hybridized carbons (Fsp3) is 0.647. The van der Waals surface area contributed by atoms with Crippen molar-refractivity contribution in [1.82, 2.24) is 9.97 Å². The Labute approximate surface area is 151 Å². The minimum Gasteiger partial charge on any atom is -0.395 e. The summed E-state index contributed by atoms with van der Waals surface area (Å²) in [6, 6.07) is 0. The van der Waals surface area contributed by atoms with Crippen LogP contribution in [0.2, 0.25) is 0 Å². The van der Waals surface area contributed by atoms with Crippen molar-refractivity contribution in [2.45, 2.75) is 51.0 Å². The number of fused-ring (bicyclic) bond motifs is 3. The lowest BCUT2D eigenvalue weighted by Gasteiger charge is -2.29. The highest BCUT2D eigenvalue weighted by Gasteiger charge is 2.31. The van der Waals surface area contributed by atoms with Crippen LogP contribution >= 0.6 is 23.1 Å².